The molecule has 1 fully saturated rings. The molecule has 0 bridgehead atoms. The van der Waals surface area contributed by atoms with E-state index in [1.807, 2.05) is 25.1 Å². The van der Waals surface area contributed by atoms with Crippen LogP contribution in [0.25, 0.3) is 0 Å². The Morgan fingerprint density at radius 3 is 2.78 bits per heavy atom. The quantitative estimate of drug-likeness (QED) is 0.663. The number of hydrogen-bond acceptors (Lipinski definition) is 4. The summed E-state index contributed by atoms with van der Waals surface area (Å²) in [6.45, 7) is 4.82. The van der Waals surface area contributed by atoms with Gasteiger partial charge in [-0.3, -0.25) is 9.59 Å². The van der Waals surface area contributed by atoms with E-state index in [4.69, 9.17) is 4.74 Å². The SMILES string of the molecule is Cc1cccc(C(=O)NCCNC(=O)CC2COCCN2)c1.Cl. The van der Waals surface area contributed by atoms with E-state index in [9.17, 15) is 9.59 Å². The van der Waals surface area contributed by atoms with Gasteiger partial charge in [0, 0.05) is 37.7 Å². The van der Waals surface area contributed by atoms with Crippen molar-refractivity contribution < 1.29 is 14.3 Å². The highest BCUT2D eigenvalue weighted by atomic mass is 35.5. The van der Waals surface area contributed by atoms with Crippen LogP contribution in [0, 0.1) is 6.92 Å². The summed E-state index contributed by atoms with van der Waals surface area (Å²) in [7, 11) is 0. The maximum atomic E-state index is 11.9. The Bertz CT molecular complexity index is 519. The van der Waals surface area contributed by atoms with Gasteiger partial charge < -0.3 is 20.7 Å². The second-order valence-corrected chi connectivity index (χ2v) is 5.41. The van der Waals surface area contributed by atoms with Gasteiger partial charge in [-0.15, -0.1) is 12.4 Å². The first-order valence-corrected chi connectivity index (χ1v) is 7.58. The fraction of sp³-hybridized carbons (Fsp3) is 0.500. The predicted octanol–water partition coefficient (Wildman–Crippen LogP) is 0.641. The first-order valence-electron chi connectivity index (χ1n) is 7.58. The Balaban J connectivity index is 0.00000264. The molecule has 0 spiro atoms. The first-order chi connectivity index (χ1) is 10.6. The van der Waals surface area contributed by atoms with Crippen LogP contribution in [-0.4, -0.2) is 50.7 Å². The fourth-order valence-electron chi connectivity index (χ4n) is 2.31. The van der Waals surface area contributed by atoms with Gasteiger partial charge in [-0.2, -0.15) is 0 Å². The molecule has 0 aliphatic carbocycles. The Morgan fingerprint density at radius 1 is 1.30 bits per heavy atom. The summed E-state index contributed by atoms with van der Waals surface area (Å²) in [6, 6.07) is 7.49. The zero-order valence-corrected chi connectivity index (χ0v) is 14.1. The van der Waals surface area contributed by atoms with Crippen LogP contribution in [0.2, 0.25) is 0 Å². The minimum Gasteiger partial charge on any atom is -0.378 e. The van der Waals surface area contributed by atoms with Gasteiger partial charge in [0.1, 0.15) is 0 Å². The van der Waals surface area contributed by atoms with Crippen LogP contribution in [-0.2, 0) is 9.53 Å². The molecule has 1 unspecified atom stereocenters. The molecule has 6 nitrogen and oxygen atoms in total. The molecule has 3 N–H and O–H groups in total. The number of rotatable bonds is 6. The lowest BCUT2D eigenvalue weighted by Gasteiger charge is -2.23. The highest BCUT2D eigenvalue weighted by Crippen LogP contribution is 2.03. The van der Waals surface area contributed by atoms with Crippen LogP contribution in [0.4, 0.5) is 0 Å². The van der Waals surface area contributed by atoms with Crippen molar-refractivity contribution in [3.05, 3.63) is 35.4 Å². The van der Waals surface area contributed by atoms with E-state index in [1.54, 1.807) is 6.07 Å². The molecule has 128 valence electrons. The largest absolute Gasteiger partial charge is 0.378 e. The lowest BCUT2D eigenvalue weighted by molar-refractivity contribution is -0.122. The lowest BCUT2D eigenvalue weighted by atomic mass is 10.1. The summed E-state index contributed by atoms with van der Waals surface area (Å²) in [4.78, 5) is 23.7. The number of aryl methyl sites for hydroxylation is 1. The summed E-state index contributed by atoms with van der Waals surface area (Å²) in [5, 5.41) is 8.82. The number of morpholine rings is 1. The third-order valence-corrected chi connectivity index (χ3v) is 3.44. The lowest BCUT2D eigenvalue weighted by Crippen LogP contribution is -2.45. The molecule has 7 heteroatoms. The van der Waals surface area contributed by atoms with Crippen molar-refractivity contribution in [2.24, 2.45) is 0 Å². The summed E-state index contributed by atoms with van der Waals surface area (Å²) in [5.41, 5.74) is 1.68. The number of ether oxygens (including phenoxy) is 1. The van der Waals surface area contributed by atoms with Gasteiger partial charge in [-0.05, 0) is 19.1 Å². The standard InChI is InChI=1S/C16H23N3O3.ClH/c1-12-3-2-4-13(9-12)16(21)19-6-5-18-15(20)10-14-11-22-8-7-17-14;/h2-4,9,14,17H,5-8,10-11H2,1H3,(H,18,20)(H,19,21);1H. The van der Waals surface area contributed by atoms with Crippen LogP contribution in [0.3, 0.4) is 0 Å². The topological polar surface area (TPSA) is 79.5 Å². The molecule has 1 aromatic carbocycles. The molecule has 2 amide bonds. The molecule has 1 aliphatic rings. The van der Waals surface area contributed by atoms with E-state index < -0.39 is 0 Å². The van der Waals surface area contributed by atoms with E-state index in [-0.39, 0.29) is 30.3 Å². The second kappa shape index (κ2) is 10.2. The highest BCUT2D eigenvalue weighted by molar-refractivity contribution is 5.94. The highest BCUT2D eigenvalue weighted by Gasteiger charge is 2.16. The third kappa shape index (κ3) is 6.99. The Hall–Kier alpha value is -1.63. The maximum absolute atomic E-state index is 11.9. The molecule has 0 aromatic heterocycles. The fourth-order valence-corrected chi connectivity index (χ4v) is 2.31. The Morgan fingerprint density at radius 2 is 2.09 bits per heavy atom. The van der Waals surface area contributed by atoms with Crippen LogP contribution in [0.1, 0.15) is 22.3 Å². The number of carbonyl (C=O) groups excluding carboxylic acids is 2. The molecule has 23 heavy (non-hydrogen) atoms. The van der Waals surface area contributed by atoms with Crippen molar-refractivity contribution in [3.63, 3.8) is 0 Å². The van der Waals surface area contributed by atoms with Gasteiger partial charge in [-0.1, -0.05) is 17.7 Å². The first kappa shape index (κ1) is 19.4. The van der Waals surface area contributed by atoms with Gasteiger partial charge in [0.2, 0.25) is 5.91 Å². The number of carbonyl (C=O) groups is 2. The van der Waals surface area contributed by atoms with Crippen molar-refractivity contribution in [2.75, 3.05) is 32.8 Å². The molecule has 1 atom stereocenters. The van der Waals surface area contributed by atoms with Crippen molar-refractivity contribution in [3.8, 4) is 0 Å². The van der Waals surface area contributed by atoms with Crippen molar-refractivity contribution in [2.45, 2.75) is 19.4 Å². The van der Waals surface area contributed by atoms with Crippen LogP contribution in [0.5, 0.6) is 0 Å². The average molecular weight is 342 g/mol. The molecule has 1 saturated heterocycles. The normalized spacial score (nSPS) is 17.0. The summed E-state index contributed by atoms with van der Waals surface area (Å²) in [5.74, 6) is -0.159. The van der Waals surface area contributed by atoms with E-state index in [1.165, 1.54) is 0 Å². The monoisotopic (exact) mass is 341 g/mol. The Labute approximate surface area is 142 Å². The third-order valence-electron chi connectivity index (χ3n) is 3.44. The van der Waals surface area contributed by atoms with E-state index >= 15 is 0 Å². The number of benzene rings is 1. The number of hydrogen-bond donors (Lipinski definition) is 3. The zero-order valence-electron chi connectivity index (χ0n) is 13.3. The van der Waals surface area contributed by atoms with Crippen LogP contribution < -0.4 is 16.0 Å². The Kier molecular flexibility index (Phi) is 8.61. The minimum atomic E-state index is -0.125. The summed E-state index contributed by atoms with van der Waals surface area (Å²) in [6.07, 6.45) is 0.395. The summed E-state index contributed by atoms with van der Waals surface area (Å²) >= 11 is 0. The van der Waals surface area contributed by atoms with Gasteiger partial charge in [0.25, 0.3) is 5.91 Å². The molecular weight excluding hydrogens is 318 g/mol. The smallest absolute Gasteiger partial charge is 0.251 e. The van der Waals surface area contributed by atoms with Crippen molar-refractivity contribution in [1.29, 1.82) is 0 Å². The average Bonchev–Trinajstić information content (AvgIpc) is 2.52. The summed E-state index contributed by atoms with van der Waals surface area (Å²) < 4.78 is 5.30. The van der Waals surface area contributed by atoms with Crippen LogP contribution in [0.15, 0.2) is 24.3 Å². The molecule has 0 radical (unpaired) electrons. The second-order valence-electron chi connectivity index (χ2n) is 5.41. The molecule has 1 aliphatic heterocycles. The molecule has 2 rings (SSSR count). The predicted molar refractivity (Wildman–Crippen MR) is 91.0 cm³/mol. The van der Waals surface area contributed by atoms with E-state index in [0.717, 1.165) is 12.1 Å². The molecule has 0 saturated carbocycles. The maximum Gasteiger partial charge on any atom is 0.251 e. The molecule has 1 aromatic rings. The van der Waals surface area contributed by atoms with Gasteiger partial charge in [-0.25, -0.2) is 0 Å². The van der Waals surface area contributed by atoms with Crippen molar-refractivity contribution in [1.82, 2.24) is 16.0 Å². The zero-order chi connectivity index (χ0) is 15.8. The number of halogens is 1. The number of nitrogens with one attached hydrogen (secondary N) is 3. The van der Waals surface area contributed by atoms with Crippen molar-refractivity contribution >= 4 is 24.2 Å². The number of amides is 2. The van der Waals surface area contributed by atoms with Crippen LogP contribution >= 0.6 is 12.4 Å². The van der Waals surface area contributed by atoms with Gasteiger partial charge >= 0.3 is 0 Å². The van der Waals surface area contributed by atoms with E-state index in [0.29, 0.717) is 38.3 Å². The van der Waals surface area contributed by atoms with Gasteiger partial charge in [0.05, 0.1) is 13.2 Å². The van der Waals surface area contributed by atoms with E-state index in [2.05, 4.69) is 16.0 Å². The molecular formula is C16H24ClN3O3. The van der Waals surface area contributed by atoms with Gasteiger partial charge in [0.15, 0.2) is 0 Å². The minimum absolute atomic E-state index is 0. The molecule has 1 heterocycles.